The molecule has 1 aliphatic rings. The molecular weight excluding hydrogens is 435 g/mol. The zero-order chi connectivity index (χ0) is 21.0. The number of anilines is 1. The average Bonchev–Trinajstić information content (AvgIpc) is 2.71. The topological polar surface area (TPSA) is 75.7 Å². The molecule has 1 heterocycles. The summed E-state index contributed by atoms with van der Waals surface area (Å²) in [4.78, 5) is 12.7. The number of halogens is 2. The van der Waals surface area contributed by atoms with Crippen molar-refractivity contribution in [3.8, 4) is 5.75 Å². The van der Waals surface area contributed by atoms with Gasteiger partial charge in [0.15, 0.2) is 0 Å². The third-order valence-electron chi connectivity index (χ3n) is 4.82. The Labute approximate surface area is 180 Å². The third-order valence-corrected chi connectivity index (χ3v) is 7.37. The number of carbonyl (C=O) groups is 1. The number of nitrogens with zero attached hydrogens (tertiary/aromatic N) is 1. The van der Waals surface area contributed by atoms with Crippen molar-refractivity contribution >= 4 is 44.8 Å². The Morgan fingerprint density at radius 1 is 1.21 bits per heavy atom. The molecule has 156 valence electrons. The summed E-state index contributed by atoms with van der Waals surface area (Å²) < 4.78 is 32.3. The third kappa shape index (κ3) is 5.63. The highest BCUT2D eigenvalue weighted by molar-refractivity contribution is 7.88. The van der Waals surface area contributed by atoms with Gasteiger partial charge in [0.1, 0.15) is 5.75 Å². The number of benzene rings is 2. The van der Waals surface area contributed by atoms with Gasteiger partial charge >= 0.3 is 0 Å². The fourth-order valence-electron chi connectivity index (χ4n) is 3.29. The summed E-state index contributed by atoms with van der Waals surface area (Å²) in [5.41, 5.74) is 1.17. The highest BCUT2D eigenvalue weighted by Crippen LogP contribution is 2.26. The molecule has 2 aromatic carbocycles. The maximum absolute atomic E-state index is 12.9. The van der Waals surface area contributed by atoms with Crippen molar-refractivity contribution in [1.82, 2.24) is 4.31 Å². The van der Waals surface area contributed by atoms with Crippen LogP contribution in [-0.4, -0.2) is 38.8 Å². The van der Waals surface area contributed by atoms with Crippen LogP contribution in [0.25, 0.3) is 0 Å². The number of ether oxygens (including phenoxy) is 1. The number of nitrogens with one attached hydrogen (secondary N) is 1. The number of carbonyl (C=O) groups excluding carboxylic acids is 1. The Hall–Kier alpha value is -1.80. The smallest absolute Gasteiger partial charge is 0.228 e. The van der Waals surface area contributed by atoms with Gasteiger partial charge < -0.3 is 10.1 Å². The summed E-state index contributed by atoms with van der Waals surface area (Å²) in [6, 6.07) is 11.8. The summed E-state index contributed by atoms with van der Waals surface area (Å²) >= 11 is 11.9. The first-order valence-electron chi connectivity index (χ1n) is 9.15. The van der Waals surface area contributed by atoms with Crippen LogP contribution in [0.15, 0.2) is 42.5 Å². The van der Waals surface area contributed by atoms with E-state index in [9.17, 15) is 13.2 Å². The fraction of sp³-hybridized carbons (Fsp3) is 0.350. The Kier molecular flexibility index (Phi) is 7.05. The second-order valence-electron chi connectivity index (χ2n) is 6.92. The Balaban J connectivity index is 1.67. The minimum absolute atomic E-state index is 0.152. The lowest BCUT2D eigenvalue weighted by atomic mass is 9.98. The molecule has 6 nitrogen and oxygen atoms in total. The minimum atomic E-state index is -3.58. The minimum Gasteiger partial charge on any atom is -0.497 e. The molecule has 0 bridgehead atoms. The van der Waals surface area contributed by atoms with Crippen molar-refractivity contribution in [3.63, 3.8) is 0 Å². The fourth-order valence-corrected chi connectivity index (χ4v) is 5.20. The van der Waals surface area contributed by atoms with Crippen molar-refractivity contribution in [1.29, 1.82) is 0 Å². The number of piperidine rings is 1. The van der Waals surface area contributed by atoms with Gasteiger partial charge in [-0.1, -0.05) is 35.3 Å². The van der Waals surface area contributed by atoms with Crippen LogP contribution in [0.1, 0.15) is 18.4 Å². The molecule has 0 unspecified atom stereocenters. The number of sulfonamides is 1. The average molecular weight is 457 g/mol. The molecule has 1 N–H and O–H groups in total. The molecule has 0 aromatic heterocycles. The van der Waals surface area contributed by atoms with Crippen LogP contribution in [0.5, 0.6) is 5.75 Å². The highest BCUT2D eigenvalue weighted by atomic mass is 35.5. The zero-order valence-electron chi connectivity index (χ0n) is 15.9. The molecule has 9 heteroatoms. The second kappa shape index (κ2) is 9.34. The second-order valence-corrected chi connectivity index (χ2v) is 9.71. The molecule has 0 saturated carbocycles. The summed E-state index contributed by atoms with van der Waals surface area (Å²) in [6.07, 6.45) is 1.26. The van der Waals surface area contributed by atoms with Crippen molar-refractivity contribution in [3.05, 3.63) is 58.1 Å². The van der Waals surface area contributed by atoms with Gasteiger partial charge in [-0.2, -0.15) is 0 Å². The summed E-state index contributed by atoms with van der Waals surface area (Å²) in [6.45, 7) is 0.548. The van der Waals surface area contributed by atoms with Crippen molar-refractivity contribution in [2.75, 3.05) is 25.5 Å². The first-order chi connectivity index (χ1) is 13.8. The Bertz CT molecular complexity index is 998. The number of rotatable bonds is 6. The van der Waals surface area contributed by atoms with Crippen LogP contribution >= 0.6 is 23.2 Å². The summed E-state index contributed by atoms with van der Waals surface area (Å²) in [5, 5.41) is 3.54. The van der Waals surface area contributed by atoms with Crippen molar-refractivity contribution < 1.29 is 17.9 Å². The van der Waals surface area contributed by atoms with Crippen LogP contribution in [0, 0.1) is 5.92 Å². The molecule has 0 radical (unpaired) electrons. The van der Waals surface area contributed by atoms with E-state index in [1.165, 1.54) is 4.31 Å². The van der Waals surface area contributed by atoms with Gasteiger partial charge in [-0.05, 0) is 42.7 Å². The lowest BCUT2D eigenvalue weighted by Crippen LogP contribution is -2.44. The molecule has 1 fully saturated rings. The molecule has 1 amide bonds. The van der Waals surface area contributed by atoms with Crippen LogP contribution in [0.4, 0.5) is 5.69 Å². The molecule has 3 rings (SSSR count). The SMILES string of the molecule is COc1cccc(NC(=O)[C@H]2CCCN(S(=O)(=O)Cc3ccc(Cl)c(Cl)c3)C2)c1. The first-order valence-corrected chi connectivity index (χ1v) is 11.5. The van der Waals surface area contributed by atoms with Crippen molar-refractivity contribution in [2.24, 2.45) is 5.92 Å². The van der Waals surface area contributed by atoms with E-state index < -0.39 is 15.9 Å². The standard InChI is InChI=1S/C20H22Cl2N2O4S/c1-28-17-6-2-5-16(11-17)23-20(25)15-4-3-9-24(12-15)29(26,27)13-14-7-8-18(21)19(22)10-14/h2,5-8,10-11,15H,3-4,9,12-13H2,1H3,(H,23,25)/t15-/m0/s1. The Morgan fingerprint density at radius 2 is 2.00 bits per heavy atom. The van der Waals surface area contributed by atoms with Crippen LogP contribution < -0.4 is 10.1 Å². The molecule has 1 aliphatic heterocycles. The summed E-state index contributed by atoms with van der Waals surface area (Å²) in [5.74, 6) is -0.169. The van der Waals surface area contributed by atoms with Crippen LogP contribution in [0.3, 0.4) is 0 Å². The number of amides is 1. The normalized spacial score (nSPS) is 17.7. The van der Waals surface area contributed by atoms with Gasteiger partial charge in [0.25, 0.3) is 0 Å². The number of hydrogen-bond donors (Lipinski definition) is 1. The summed E-state index contributed by atoms with van der Waals surface area (Å²) in [7, 11) is -2.03. The Morgan fingerprint density at radius 3 is 2.72 bits per heavy atom. The van der Waals surface area contributed by atoms with Gasteiger partial charge in [-0.15, -0.1) is 0 Å². The molecule has 29 heavy (non-hydrogen) atoms. The molecule has 1 atom stereocenters. The van der Waals surface area contributed by atoms with Gasteiger partial charge in [-0.25, -0.2) is 12.7 Å². The molecule has 0 aliphatic carbocycles. The van der Waals surface area contributed by atoms with Crippen molar-refractivity contribution in [2.45, 2.75) is 18.6 Å². The lowest BCUT2D eigenvalue weighted by Gasteiger charge is -2.31. The van der Waals surface area contributed by atoms with E-state index >= 15 is 0 Å². The van der Waals surface area contributed by atoms with E-state index in [0.717, 1.165) is 0 Å². The largest absolute Gasteiger partial charge is 0.497 e. The van der Waals surface area contributed by atoms with Gasteiger partial charge in [0.05, 0.1) is 28.8 Å². The quantitative estimate of drug-likeness (QED) is 0.706. The predicted molar refractivity (Wildman–Crippen MR) is 115 cm³/mol. The molecule has 1 saturated heterocycles. The molecular formula is C20H22Cl2N2O4S. The van der Waals surface area contributed by atoms with Crippen LogP contribution in [-0.2, 0) is 20.6 Å². The highest BCUT2D eigenvalue weighted by Gasteiger charge is 2.32. The molecule has 0 spiro atoms. The number of methoxy groups -OCH3 is 1. The predicted octanol–water partition coefficient (Wildman–Crippen LogP) is 4.18. The van der Waals surface area contributed by atoms with E-state index in [0.29, 0.717) is 46.4 Å². The van der Waals surface area contributed by atoms with Gasteiger partial charge in [0, 0.05) is 24.8 Å². The lowest BCUT2D eigenvalue weighted by molar-refractivity contribution is -0.120. The monoisotopic (exact) mass is 456 g/mol. The van der Waals surface area contributed by atoms with E-state index in [-0.39, 0.29) is 18.2 Å². The number of hydrogen-bond acceptors (Lipinski definition) is 4. The van der Waals surface area contributed by atoms with Crippen LogP contribution in [0.2, 0.25) is 10.0 Å². The van der Waals surface area contributed by atoms with E-state index in [2.05, 4.69) is 5.32 Å². The van der Waals surface area contributed by atoms with Gasteiger partial charge in [0.2, 0.25) is 15.9 Å². The maximum atomic E-state index is 12.9. The van der Waals surface area contributed by atoms with E-state index in [4.69, 9.17) is 27.9 Å². The van der Waals surface area contributed by atoms with Gasteiger partial charge in [-0.3, -0.25) is 4.79 Å². The maximum Gasteiger partial charge on any atom is 0.228 e. The van der Waals surface area contributed by atoms with E-state index in [1.807, 2.05) is 0 Å². The van der Waals surface area contributed by atoms with E-state index in [1.54, 1.807) is 49.6 Å². The molecule has 2 aromatic rings. The first kappa shape index (κ1) is 21.9. The zero-order valence-corrected chi connectivity index (χ0v) is 18.2.